The fraction of sp³-hybridized carbons (Fsp3) is 0.333. The zero-order chi connectivity index (χ0) is 14.5. The minimum atomic E-state index is -2.74. The van der Waals surface area contributed by atoms with Gasteiger partial charge in [-0.15, -0.1) is 4.73 Å². The van der Waals surface area contributed by atoms with Gasteiger partial charge in [0.2, 0.25) is 5.88 Å². The summed E-state index contributed by atoms with van der Waals surface area (Å²) in [5.41, 5.74) is 0. The number of nitrogens with zero attached hydrogens (tertiary/aromatic N) is 1. The summed E-state index contributed by atoms with van der Waals surface area (Å²) in [6.45, 7) is 2.50. The smallest absolute Gasteiger partial charge is 0.424 e. The molecule has 3 rings (SSSR count). The second-order valence-electron chi connectivity index (χ2n) is 4.26. The summed E-state index contributed by atoms with van der Waals surface area (Å²) in [4.78, 5) is 10.5. The average molecular weight is 296 g/mol. The van der Waals surface area contributed by atoms with Gasteiger partial charge < -0.3 is 20.4 Å². The lowest BCUT2D eigenvalue weighted by molar-refractivity contribution is -0.284. The number of hydrogen-bond acceptors (Lipinski definition) is 6. The van der Waals surface area contributed by atoms with Crippen molar-refractivity contribution in [2.24, 2.45) is 0 Å². The zero-order valence-corrected chi connectivity index (χ0v) is 11.6. The zero-order valence-electron chi connectivity index (χ0n) is 10.7. The van der Waals surface area contributed by atoms with E-state index in [9.17, 15) is 15.1 Å². The number of aromatic nitrogens is 1. The van der Waals surface area contributed by atoms with Gasteiger partial charge in [0, 0.05) is 11.3 Å². The van der Waals surface area contributed by atoms with Crippen LogP contribution in [0.1, 0.15) is 12.8 Å². The van der Waals surface area contributed by atoms with E-state index in [1.165, 1.54) is 38.1 Å². The number of aromatic hydroxyl groups is 1. The largest absolute Gasteiger partial charge is 0.857 e. The Morgan fingerprint density at radius 1 is 1.25 bits per heavy atom. The van der Waals surface area contributed by atoms with E-state index in [-0.39, 0.29) is 5.39 Å². The average Bonchev–Trinajstić information content (AvgIpc) is 3.08. The summed E-state index contributed by atoms with van der Waals surface area (Å²) in [7, 11) is -2.74. The normalized spacial score (nSPS) is 14.8. The Balaban J connectivity index is 0.000000247. The van der Waals surface area contributed by atoms with Gasteiger partial charge >= 0.3 is 8.17 Å². The van der Waals surface area contributed by atoms with E-state index in [1.807, 2.05) is 0 Å². The van der Waals surface area contributed by atoms with Gasteiger partial charge in [0.15, 0.2) is 0 Å². The summed E-state index contributed by atoms with van der Waals surface area (Å²) in [6.07, 6.45) is 2.78. The monoisotopic (exact) mass is 296 g/mol. The minimum absolute atomic E-state index is 0.256. The molecule has 20 heavy (non-hydrogen) atoms. The molecule has 2 heterocycles. The Hall–Kier alpha value is -1.82. The third-order valence-electron chi connectivity index (χ3n) is 2.89. The van der Waals surface area contributed by atoms with Gasteiger partial charge in [0.25, 0.3) is 0 Å². The van der Waals surface area contributed by atoms with Crippen molar-refractivity contribution in [2.45, 2.75) is 12.8 Å². The van der Waals surface area contributed by atoms with Crippen LogP contribution in [0.2, 0.25) is 0 Å². The molecule has 1 aliphatic heterocycles. The molecule has 0 saturated carbocycles. The molecule has 1 aliphatic rings. The first kappa shape index (κ1) is 14.6. The van der Waals surface area contributed by atoms with Crippen molar-refractivity contribution in [1.29, 1.82) is 5.16 Å². The van der Waals surface area contributed by atoms with Crippen LogP contribution in [0.4, 0.5) is 0 Å². The van der Waals surface area contributed by atoms with E-state index < -0.39 is 19.9 Å². The molecule has 2 aromatic rings. The standard InChI is InChI=1S/C8H7N2O4P.C4H9N/c9-15(13)14-10-7(11)5-3-1-2-4-6(5)8(10)12;1-2-4-5-3-1/h1-4,9,11-12H;5H,1-4H2/p-1. The molecule has 1 aromatic heterocycles. The first-order valence-corrected chi connectivity index (χ1v) is 7.36. The van der Waals surface area contributed by atoms with Crippen molar-refractivity contribution in [1.82, 2.24) is 10.0 Å². The summed E-state index contributed by atoms with van der Waals surface area (Å²) < 4.78 is 4.86. The molecule has 3 N–H and O–H groups in total. The molecular formula is C12H15N3O4P-. The maximum atomic E-state index is 11.6. The third-order valence-corrected chi connectivity index (χ3v) is 3.20. The van der Waals surface area contributed by atoms with E-state index in [1.54, 1.807) is 12.1 Å². The molecule has 0 spiro atoms. The molecule has 1 fully saturated rings. The highest BCUT2D eigenvalue weighted by Crippen LogP contribution is 2.34. The lowest BCUT2D eigenvalue weighted by Crippen LogP contribution is -2.11. The summed E-state index contributed by atoms with van der Waals surface area (Å²) in [6, 6.07) is 6.32. The highest BCUT2D eigenvalue weighted by atomic mass is 31.1. The number of nitrogens with one attached hydrogen (secondary N) is 2. The highest BCUT2D eigenvalue weighted by molar-refractivity contribution is 7.32. The number of rotatable bonds is 2. The number of hydrogen-bond donors (Lipinski definition) is 3. The first-order chi connectivity index (χ1) is 9.61. The van der Waals surface area contributed by atoms with Crippen molar-refractivity contribution < 1.29 is 19.7 Å². The SMILES string of the molecule is C1CCNC1.N=[P+]([O-])On1c([O-])c2ccccc2c1O. The molecule has 0 radical (unpaired) electrons. The van der Waals surface area contributed by atoms with Gasteiger partial charge in [0.05, 0.1) is 0 Å². The molecule has 1 aromatic carbocycles. The molecule has 0 amide bonds. The third kappa shape index (κ3) is 3.19. The van der Waals surface area contributed by atoms with Crippen LogP contribution in [0.3, 0.4) is 0 Å². The number of benzene rings is 1. The number of fused-ring (bicyclic) bond motifs is 1. The van der Waals surface area contributed by atoms with Crippen LogP contribution in [-0.2, 0) is 0 Å². The van der Waals surface area contributed by atoms with Gasteiger partial charge in [-0.3, -0.25) is 0 Å². The summed E-state index contributed by atoms with van der Waals surface area (Å²) >= 11 is 0. The van der Waals surface area contributed by atoms with Crippen LogP contribution in [-0.4, -0.2) is 22.9 Å². The molecule has 0 bridgehead atoms. The van der Waals surface area contributed by atoms with Crippen molar-refractivity contribution in [3.8, 4) is 11.8 Å². The molecule has 108 valence electrons. The van der Waals surface area contributed by atoms with Crippen molar-refractivity contribution in [2.75, 3.05) is 13.1 Å². The van der Waals surface area contributed by atoms with Gasteiger partial charge in [-0.25, -0.2) is 0 Å². The Morgan fingerprint density at radius 2 is 1.85 bits per heavy atom. The van der Waals surface area contributed by atoms with E-state index >= 15 is 0 Å². The van der Waals surface area contributed by atoms with Gasteiger partial charge in [0.1, 0.15) is 0 Å². The summed E-state index contributed by atoms with van der Waals surface area (Å²) in [5.74, 6) is -1.06. The fourth-order valence-corrected chi connectivity index (χ4v) is 2.25. The van der Waals surface area contributed by atoms with E-state index in [0.717, 1.165) is 0 Å². The topological polar surface area (TPSA) is 116 Å². The van der Waals surface area contributed by atoms with Gasteiger partial charge in [-0.2, -0.15) is 4.62 Å². The van der Waals surface area contributed by atoms with Crippen LogP contribution in [0.15, 0.2) is 24.3 Å². The lowest BCUT2D eigenvalue weighted by atomic mass is 10.2. The van der Waals surface area contributed by atoms with Crippen LogP contribution in [0, 0.1) is 5.16 Å². The molecule has 1 atom stereocenters. The lowest BCUT2D eigenvalue weighted by Gasteiger charge is -2.07. The van der Waals surface area contributed by atoms with E-state index in [4.69, 9.17) is 5.16 Å². The molecule has 1 saturated heterocycles. The predicted molar refractivity (Wildman–Crippen MR) is 71.4 cm³/mol. The van der Waals surface area contributed by atoms with Crippen LogP contribution < -0.4 is 19.9 Å². The van der Waals surface area contributed by atoms with Crippen LogP contribution in [0.25, 0.3) is 10.8 Å². The summed E-state index contributed by atoms with van der Waals surface area (Å²) in [5, 5.41) is 31.6. The molecular weight excluding hydrogens is 281 g/mol. The molecule has 1 unspecified atom stereocenters. The first-order valence-electron chi connectivity index (χ1n) is 6.18. The molecule has 8 heteroatoms. The second-order valence-corrected chi connectivity index (χ2v) is 4.94. The Morgan fingerprint density at radius 3 is 2.30 bits per heavy atom. The second kappa shape index (κ2) is 6.56. The minimum Gasteiger partial charge on any atom is -0.857 e. The van der Waals surface area contributed by atoms with E-state index in [2.05, 4.69) is 9.94 Å². The van der Waals surface area contributed by atoms with E-state index in [0.29, 0.717) is 10.1 Å². The van der Waals surface area contributed by atoms with Crippen molar-refractivity contribution in [3.63, 3.8) is 0 Å². The highest BCUT2D eigenvalue weighted by Gasteiger charge is 2.13. The predicted octanol–water partition coefficient (Wildman–Crippen LogP) is 0.653. The van der Waals surface area contributed by atoms with Crippen LogP contribution in [0.5, 0.6) is 11.8 Å². The van der Waals surface area contributed by atoms with Crippen molar-refractivity contribution in [3.05, 3.63) is 24.3 Å². The van der Waals surface area contributed by atoms with Gasteiger partial charge in [-0.05, 0) is 37.4 Å². The molecule has 0 aliphatic carbocycles. The Bertz CT molecular complexity index is 563. The maximum absolute atomic E-state index is 11.6. The van der Waals surface area contributed by atoms with Crippen molar-refractivity contribution >= 4 is 18.9 Å². The Kier molecular flexibility index (Phi) is 4.79. The van der Waals surface area contributed by atoms with Crippen LogP contribution >= 0.6 is 8.17 Å². The Labute approximate surface area is 116 Å². The quantitative estimate of drug-likeness (QED) is 0.704. The molecule has 7 nitrogen and oxygen atoms in total. The fourth-order valence-electron chi connectivity index (χ4n) is 1.95. The maximum Gasteiger partial charge on any atom is 0.424 e. The van der Waals surface area contributed by atoms with Gasteiger partial charge in [-0.1, -0.05) is 23.4 Å².